The predicted molar refractivity (Wildman–Crippen MR) is 66.1 cm³/mol. The van der Waals surface area contributed by atoms with E-state index in [4.69, 9.17) is 0 Å². The van der Waals surface area contributed by atoms with Gasteiger partial charge in [-0.05, 0) is 18.6 Å². The van der Waals surface area contributed by atoms with Gasteiger partial charge in [-0.2, -0.15) is 0 Å². The topological polar surface area (TPSA) is 58.2 Å². The van der Waals surface area contributed by atoms with Crippen LogP contribution in [0.4, 0.5) is 5.69 Å². The summed E-state index contributed by atoms with van der Waals surface area (Å²) in [5.41, 5.74) is 0.617. The molecule has 0 fully saturated rings. The number of nitrogens with one attached hydrogen (secondary N) is 2. The fraction of sp³-hybridized carbons (Fsp3) is 0.455. The maximum Gasteiger partial charge on any atom is 0.242 e. The molecule has 1 aromatic carbocycles. The van der Waals surface area contributed by atoms with Gasteiger partial charge < -0.3 is 5.32 Å². The normalized spacial score (nSPS) is 11.4. The summed E-state index contributed by atoms with van der Waals surface area (Å²) in [6.07, 6.45) is 1.82. The molecule has 0 radical (unpaired) electrons. The summed E-state index contributed by atoms with van der Waals surface area (Å²) >= 11 is 0. The Morgan fingerprint density at radius 1 is 1.25 bits per heavy atom. The summed E-state index contributed by atoms with van der Waals surface area (Å²) in [4.78, 5) is 0.300. The van der Waals surface area contributed by atoms with E-state index in [9.17, 15) is 8.42 Å². The molecule has 0 amide bonds. The van der Waals surface area contributed by atoms with Crippen LogP contribution in [0.25, 0.3) is 0 Å². The van der Waals surface area contributed by atoms with Crippen LogP contribution in [0.1, 0.15) is 19.8 Å². The number of para-hydroxylation sites is 1. The SMILES string of the molecule is CCCCNS(=O)(=O)c1ccccc1NC. The first-order valence-corrected chi connectivity index (χ1v) is 6.86. The van der Waals surface area contributed by atoms with E-state index in [1.54, 1.807) is 31.3 Å². The molecule has 4 nitrogen and oxygen atoms in total. The molecular weight excluding hydrogens is 224 g/mol. The Hall–Kier alpha value is -1.07. The Balaban J connectivity index is 2.89. The van der Waals surface area contributed by atoms with Crippen molar-refractivity contribution in [1.29, 1.82) is 0 Å². The van der Waals surface area contributed by atoms with Gasteiger partial charge >= 0.3 is 0 Å². The summed E-state index contributed by atoms with van der Waals surface area (Å²) in [6.45, 7) is 2.51. The molecule has 0 saturated heterocycles. The van der Waals surface area contributed by atoms with Gasteiger partial charge in [0.05, 0.1) is 5.69 Å². The molecule has 0 unspecified atom stereocenters. The second kappa shape index (κ2) is 5.86. The third-order valence-electron chi connectivity index (χ3n) is 2.27. The van der Waals surface area contributed by atoms with Crippen LogP contribution in [0.2, 0.25) is 0 Å². The summed E-state index contributed by atoms with van der Waals surface area (Å²) in [5, 5.41) is 2.87. The maximum atomic E-state index is 11.9. The lowest BCUT2D eigenvalue weighted by Crippen LogP contribution is -2.25. The van der Waals surface area contributed by atoms with E-state index in [1.165, 1.54) is 0 Å². The van der Waals surface area contributed by atoms with E-state index in [2.05, 4.69) is 10.0 Å². The van der Waals surface area contributed by atoms with Gasteiger partial charge in [-0.3, -0.25) is 0 Å². The lowest BCUT2D eigenvalue weighted by molar-refractivity contribution is 0.578. The Kier molecular flexibility index (Phi) is 4.76. The van der Waals surface area contributed by atoms with Crippen molar-refractivity contribution in [3.63, 3.8) is 0 Å². The van der Waals surface area contributed by atoms with Crippen LogP contribution in [0, 0.1) is 0 Å². The highest BCUT2D eigenvalue weighted by Crippen LogP contribution is 2.19. The Bertz CT molecular complexity index is 429. The smallest absolute Gasteiger partial charge is 0.242 e. The standard InChI is InChI=1S/C11H18N2O2S/c1-3-4-9-13-16(14,15)11-8-6-5-7-10(11)12-2/h5-8,12-13H,3-4,9H2,1-2H3. The number of anilines is 1. The molecule has 0 aliphatic carbocycles. The second-order valence-electron chi connectivity index (χ2n) is 3.50. The van der Waals surface area contributed by atoms with Crippen LogP contribution in [-0.2, 0) is 10.0 Å². The summed E-state index contributed by atoms with van der Waals surface area (Å²) in [7, 11) is -1.68. The van der Waals surface area contributed by atoms with Gasteiger partial charge in [0.2, 0.25) is 10.0 Å². The van der Waals surface area contributed by atoms with Crippen molar-refractivity contribution in [2.45, 2.75) is 24.7 Å². The van der Waals surface area contributed by atoms with Crippen LogP contribution < -0.4 is 10.0 Å². The Morgan fingerprint density at radius 3 is 2.56 bits per heavy atom. The third-order valence-corrected chi connectivity index (χ3v) is 3.79. The van der Waals surface area contributed by atoms with Crippen molar-refractivity contribution in [3.05, 3.63) is 24.3 Å². The number of rotatable bonds is 6. The molecule has 0 bridgehead atoms. The fourth-order valence-electron chi connectivity index (χ4n) is 1.37. The predicted octanol–water partition coefficient (Wildman–Crippen LogP) is 1.81. The third kappa shape index (κ3) is 3.21. The number of hydrogen-bond acceptors (Lipinski definition) is 3. The minimum atomic E-state index is -3.39. The van der Waals surface area contributed by atoms with Crippen molar-refractivity contribution < 1.29 is 8.42 Å². The lowest BCUT2D eigenvalue weighted by atomic mass is 10.3. The van der Waals surface area contributed by atoms with Crippen LogP contribution >= 0.6 is 0 Å². The molecule has 16 heavy (non-hydrogen) atoms. The largest absolute Gasteiger partial charge is 0.387 e. The van der Waals surface area contributed by atoms with Crippen molar-refractivity contribution in [2.75, 3.05) is 18.9 Å². The van der Waals surface area contributed by atoms with E-state index < -0.39 is 10.0 Å². The quantitative estimate of drug-likeness (QED) is 0.748. The highest BCUT2D eigenvalue weighted by molar-refractivity contribution is 7.89. The van der Waals surface area contributed by atoms with E-state index in [0.717, 1.165) is 12.8 Å². The second-order valence-corrected chi connectivity index (χ2v) is 5.23. The molecule has 0 aromatic heterocycles. The average Bonchev–Trinajstić information content (AvgIpc) is 2.29. The number of sulfonamides is 1. The molecule has 2 N–H and O–H groups in total. The van der Waals surface area contributed by atoms with Crippen molar-refractivity contribution >= 4 is 15.7 Å². The van der Waals surface area contributed by atoms with Gasteiger partial charge in [0, 0.05) is 13.6 Å². The molecule has 1 aromatic rings. The molecule has 0 atom stereocenters. The summed E-state index contributed by atoms with van der Waals surface area (Å²) < 4.78 is 26.5. The fourth-order valence-corrected chi connectivity index (χ4v) is 2.65. The van der Waals surface area contributed by atoms with Crippen molar-refractivity contribution in [1.82, 2.24) is 4.72 Å². The Labute approximate surface area is 97.1 Å². The lowest BCUT2D eigenvalue weighted by Gasteiger charge is -2.10. The van der Waals surface area contributed by atoms with E-state index in [1.807, 2.05) is 6.92 Å². The van der Waals surface area contributed by atoms with E-state index in [-0.39, 0.29) is 0 Å². The molecule has 1 rings (SSSR count). The Morgan fingerprint density at radius 2 is 1.94 bits per heavy atom. The van der Waals surface area contributed by atoms with Crippen LogP contribution in [0.3, 0.4) is 0 Å². The molecule has 0 saturated carbocycles. The van der Waals surface area contributed by atoms with Crippen molar-refractivity contribution in [2.24, 2.45) is 0 Å². The summed E-state index contributed by atoms with van der Waals surface area (Å²) in [5.74, 6) is 0. The van der Waals surface area contributed by atoms with Gasteiger partial charge in [-0.1, -0.05) is 25.5 Å². The monoisotopic (exact) mass is 242 g/mol. The zero-order chi connectivity index (χ0) is 12.0. The van der Waals surface area contributed by atoms with Crippen LogP contribution in [0.15, 0.2) is 29.2 Å². The van der Waals surface area contributed by atoms with Crippen LogP contribution in [0.5, 0.6) is 0 Å². The number of hydrogen-bond donors (Lipinski definition) is 2. The first-order valence-electron chi connectivity index (χ1n) is 5.38. The molecule has 5 heteroatoms. The minimum Gasteiger partial charge on any atom is -0.387 e. The van der Waals surface area contributed by atoms with Gasteiger partial charge in [-0.25, -0.2) is 13.1 Å². The number of benzene rings is 1. The molecular formula is C11H18N2O2S. The summed E-state index contributed by atoms with van der Waals surface area (Å²) in [6, 6.07) is 6.86. The molecule has 0 spiro atoms. The molecule has 0 aliphatic rings. The number of unbranched alkanes of at least 4 members (excludes halogenated alkanes) is 1. The minimum absolute atomic E-state index is 0.300. The van der Waals surface area contributed by atoms with Gasteiger partial charge in [-0.15, -0.1) is 0 Å². The highest BCUT2D eigenvalue weighted by Gasteiger charge is 2.16. The average molecular weight is 242 g/mol. The van der Waals surface area contributed by atoms with E-state index >= 15 is 0 Å². The highest BCUT2D eigenvalue weighted by atomic mass is 32.2. The van der Waals surface area contributed by atoms with E-state index in [0.29, 0.717) is 17.1 Å². The zero-order valence-corrected chi connectivity index (χ0v) is 10.5. The van der Waals surface area contributed by atoms with Gasteiger partial charge in [0.15, 0.2) is 0 Å². The van der Waals surface area contributed by atoms with Crippen LogP contribution in [-0.4, -0.2) is 22.0 Å². The molecule has 0 aliphatic heterocycles. The first-order chi connectivity index (χ1) is 7.61. The molecule has 0 heterocycles. The van der Waals surface area contributed by atoms with Gasteiger partial charge in [0.25, 0.3) is 0 Å². The maximum absolute atomic E-state index is 11.9. The van der Waals surface area contributed by atoms with Crippen molar-refractivity contribution in [3.8, 4) is 0 Å². The van der Waals surface area contributed by atoms with Gasteiger partial charge in [0.1, 0.15) is 4.90 Å². The first kappa shape index (κ1) is 13.0. The zero-order valence-electron chi connectivity index (χ0n) is 9.66. The molecule has 90 valence electrons.